The van der Waals surface area contributed by atoms with E-state index in [0.717, 1.165) is 43.2 Å². The Balaban J connectivity index is 1.70. The smallest absolute Gasteiger partial charge is 0.140 e. The number of hydrogen-bond donors (Lipinski definition) is 0. The van der Waals surface area contributed by atoms with E-state index < -0.39 is 10.8 Å². The molecule has 2 heterocycles. The molecule has 2 nitrogen and oxygen atoms in total. The molecule has 0 N–H and O–H groups in total. The summed E-state index contributed by atoms with van der Waals surface area (Å²) in [6.45, 7) is 1.84. The molecule has 3 rings (SSSR count). The number of benzene rings is 1. The van der Waals surface area contributed by atoms with Crippen LogP contribution in [0, 0.1) is 18.7 Å². The van der Waals surface area contributed by atoms with Crippen LogP contribution in [0.15, 0.2) is 18.2 Å². The van der Waals surface area contributed by atoms with Gasteiger partial charge >= 0.3 is 0 Å². The summed E-state index contributed by atoms with van der Waals surface area (Å²) in [4.78, 5) is 12.5. The molecule has 2 fully saturated rings. The van der Waals surface area contributed by atoms with E-state index in [1.807, 2.05) is 6.92 Å². The highest BCUT2D eigenvalue weighted by Crippen LogP contribution is 2.37. The topological polar surface area (TPSA) is 34.1 Å². The molecule has 1 aromatic rings. The number of ketones is 1. The predicted octanol–water partition coefficient (Wildman–Crippen LogP) is 3.33. The number of rotatable bonds is 3. The summed E-state index contributed by atoms with van der Waals surface area (Å²) >= 11 is 0. The molecular weight excluding hydrogens is 287 g/mol. The standard InChI is InChI=1S/C17H21FO2S/c1-11-7-14(18)6-5-12(11)10-17(19)13-8-15-3-2-4-16(9-13)21(15)20/h5-7,13,15-16H,2-4,8-10H2,1H3. The minimum Gasteiger partial charge on any atom is -0.299 e. The molecule has 0 aliphatic carbocycles. The molecule has 4 heteroatoms. The molecule has 21 heavy (non-hydrogen) atoms. The van der Waals surface area contributed by atoms with Crippen LogP contribution >= 0.6 is 0 Å². The first-order valence-corrected chi connectivity index (χ1v) is 8.99. The first kappa shape index (κ1) is 14.9. The third-order valence-corrected chi connectivity index (χ3v) is 7.10. The summed E-state index contributed by atoms with van der Waals surface area (Å²) in [6, 6.07) is 4.61. The van der Waals surface area contributed by atoms with Gasteiger partial charge in [-0.15, -0.1) is 0 Å². The van der Waals surface area contributed by atoms with Gasteiger partial charge in [0.25, 0.3) is 0 Å². The van der Waals surface area contributed by atoms with E-state index in [-0.39, 0.29) is 28.0 Å². The van der Waals surface area contributed by atoms with E-state index in [9.17, 15) is 13.4 Å². The van der Waals surface area contributed by atoms with Crippen molar-refractivity contribution in [2.75, 3.05) is 0 Å². The zero-order valence-corrected chi connectivity index (χ0v) is 13.1. The quantitative estimate of drug-likeness (QED) is 0.858. The second-order valence-electron chi connectivity index (χ2n) is 6.39. The Morgan fingerprint density at radius 2 is 1.95 bits per heavy atom. The van der Waals surface area contributed by atoms with Crippen LogP contribution in [0.2, 0.25) is 0 Å². The normalized spacial score (nSPS) is 31.9. The van der Waals surface area contributed by atoms with Crippen LogP contribution in [0.1, 0.15) is 43.2 Å². The fourth-order valence-electron chi connectivity index (χ4n) is 3.69. The maximum Gasteiger partial charge on any atom is 0.140 e. The molecule has 0 saturated carbocycles. The average molecular weight is 308 g/mol. The number of aryl methyl sites for hydroxylation is 1. The summed E-state index contributed by atoms with van der Waals surface area (Å²) in [5, 5.41) is 0.446. The molecule has 0 amide bonds. The van der Waals surface area contributed by atoms with Crippen molar-refractivity contribution >= 4 is 16.6 Å². The molecule has 2 unspecified atom stereocenters. The summed E-state index contributed by atoms with van der Waals surface area (Å²) in [5.41, 5.74) is 1.75. The molecule has 1 aromatic carbocycles. The lowest BCUT2D eigenvalue weighted by Crippen LogP contribution is -2.41. The van der Waals surface area contributed by atoms with Crippen molar-refractivity contribution in [2.24, 2.45) is 5.92 Å². The highest BCUT2D eigenvalue weighted by Gasteiger charge is 2.40. The van der Waals surface area contributed by atoms with E-state index in [2.05, 4.69) is 0 Å². The zero-order valence-electron chi connectivity index (χ0n) is 12.3. The van der Waals surface area contributed by atoms with E-state index in [1.165, 1.54) is 12.1 Å². The van der Waals surface area contributed by atoms with Gasteiger partial charge in [-0.3, -0.25) is 9.00 Å². The van der Waals surface area contributed by atoms with Gasteiger partial charge in [-0.2, -0.15) is 0 Å². The van der Waals surface area contributed by atoms with Gasteiger partial charge in [0.15, 0.2) is 0 Å². The van der Waals surface area contributed by atoms with Crippen molar-refractivity contribution in [1.82, 2.24) is 0 Å². The first-order valence-electron chi connectivity index (χ1n) is 7.71. The van der Waals surface area contributed by atoms with Crippen LogP contribution in [0.25, 0.3) is 0 Å². The number of carbonyl (C=O) groups is 1. The van der Waals surface area contributed by atoms with E-state index in [4.69, 9.17) is 0 Å². The molecule has 2 aliphatic heterocycles. The summed E-state index contributed by atoms with van der Waals surface area (Å²) < 4.78 is 25.3. The Bertz CT molecular complexity index is 568. The minimum atomic E-state index is -0.729. The highest BCUT2D eigenvalue weighted by molar-refractivity contribution is 7.86. The predicted molar refractivity (Wildman–Crippen MR) is 82.1 cm³/mol. The monoisotopic (exact) mass is 308 g/mol. The average Bonchev–Trinajstić information content (AvgIpc) is 2.41. The fraction of sp³-hybridized carbons (Fsp3) is 0.588. The Hall–Kier alpha value is -1.03. The van der Waals surface area contributed by atoms with Crippen molar-refractivity contribution in [3.63, 3.8) is 0 Å². The van der Waals surface area contributed by atoms with Crippen molar-refractivity contribution < 1.29 is 13.4 Å². The van der Waals surface area contributed by atoms with E-state index in [1.54, 1.807) is 6.07 Å². The Morgan fingerprint density at radius 1 is 1.29 bits per heavy atom. The van der Waals surface area contributed by atoms with Crippen LogP contribution in [0.3, 0.4) is 0 Å². The van der Waals surface area contributed by atoms with E-state index >= 15 is 0 Å². The molecule has 0 aromatic heterocycles. The largest absolute Gasteiger partial charge is 0.299 e. The summed E-state index contributed by atoms with van der Waals surface area (Å²) in [6.07, 6.45) is 5.09. The molecular formula is C17H21FO2S. The van der Waals surface area contributed by atoms with Crippen LogP contribution < -0.4 is 0 Å². The molecule has 114 valence electrons. The molecule has 2 saturated heterocycles. The van der Waals surface area contributed by atoms with Gasteiger partial charge in [0.1, 0.15) is 11.6 Å². The van der Waals surface area contributed by atoms with E-state index in [0.29, 0.717) is 6.42 Å². The molecule has 2 bridgehead atoms. The third-order valence-electron chi connectivity index (χ3n) is 4.93. The number of carbonyl (C=O) groups excluding carboxylic acids is 1. The van der Waals surface area contributed by atoms with Crippen molar-refractivity contribution in [3.8, 4) is 0 Å². The van der Waals surface area contributed by atoms with Crippen LogP contribution in [0.4, 0.5) is 4.39 Å². The maximum atomic E-state index is 13.1. The second kappa shape index (κ2) is 5.99. The zero-order chi connectivity index (χ0) is 15.0. The first-order chi connectivity index (χ1) is 10.0. The van der Waals surface area contributed by atoms with Crippen LogP contribution in [-0.2, 0) is 22.0 Å². The third kappa shape index (κ3) is 3.10. The lowest BCUT2D eigenvalue weighted by Gasteiger charge is -2.37. The van der Waals surface area contributed by atoms with Crippen molar-refractivity contribution in [3.05, 3.63) is 35.1 Å². The number of hydrogen-bond acceptors (Lipinski definition) is 2. The van der Waals surface area contributed by atoms with Crippen LogP contribution in [0.5, 0.6) is 0 Å². The molecule has 2 atom stereocenters. The van der Waals surface area contributed by atoms with Gasteiger partial charge < -0.3 is 0 Å². The summed E-state index contributed by atoms with van der Waals surface area (Å²) in [5.74, 6) is 0.0204. The van der Waals surface area contributed by atoms with Crippen LogP contribution in [-0.4, -0.2) is 20.5 Å². The SMILES string of the molecule is Cc1cc(F)ccc1CC(=O)C1CC2CCCC(C1)S2=O. The van der Waals surface area contributed by atoms with Gasteiger partial charge in [-0.1, -0.05) is 12.5 Å². The van der Waals surface area contributed by atoms with Gasteiger partial charge in [-0.05, 0) is 55.9 Å². The lowest BCUT2D eigenvalue weighted by molar-refractivity contribution is -0.122. The second-order valence-corrected chi connectivity index (χ2v) is 8.38. The summed E-state index contributed by atoms with van der Waals surface area (Å²) in [7, 11) is -0.729. The number of Topliss-reactive ketones (excluding diaryl/α,β-unsaturated/α-hetero) is 1. The fourth-order valence-corrected chi connectivity index (χ4v) is 5.87. The molecule has 0 radical (unpaired) electrons. The van der Waals surface area contributed by atoms with Gasteiger partial charge in [0.05, 0.1) is 0 Å². The van der Waals surface area contributed by atoms with Crippen molar-refractivity contribution in [2.45, 2.75) is 55.9 Å². The Morgan fingerprint density at radius 3 is 2.57 bits per heavy atom. The minimum absolute atomic E-state index is 0.0439. The highest BCUT2D eigenvalue weighted by atomic mass is 32.2. The van der Waals surface area contributed by atoms with Crippen molar-refractivity contribution in [1.29, 1.82) is 0 Å². The Kier molecular flexibility index (Phi) is 4.25. The molecule has 2 aliphatic rings. The maximum absolute atomic E-state index is 13.1. The Labute approximate surface area is 127 Å². The molecule has 0 spiro atoms. The lowest BCUT2D eigenvalue weighted by atomic mass is 9.84. The number of fused-ring (bicyclic) bond motifs is 2. The van der Waals surface area contributed by atoms with Gasteiger partial charge in [0, 0.05) is 33.6 Å². The van der Waals surface area contributed by atoms with Gasteiger partial charge in [-0.25, -0.2) is 4.39 Å². The number of halogens is 1. The van der Waals surface area contributed by atoms with Gasteiger partial charge in [0.2, 0.25) is 0 Å².